The lowest BCUT2D eigenvalue weighted by Crippen LogP contribution is -2.47. The molecule has 1 saturated heterocycles. The van der Waals surface area contributed by atoms with Crippen LogP contribution in [0.3, 0.4) is 0 Å². The summed E-state index contributed by atoms with van der Waals surface area (Å²) in [4.78, 5) is 8.11. The highest BCUT2D eigenvalue weighted by molar-refractivity contribution is 6.42. The molecular weight excluding hydrogens is 407 g/mol. The molecule has 0 aliphatic carbocycles. The van der Waals surface area contributed by atoms with Crippen LogP contribution in [0.5, 0.6) is 0 Å². The van der Waals surface area contributed by atoms with E-state index in [4.69, 9.17) is 33.7 Å². The van der Waals surface area contributed by atoms with E-state index in [1.54, 1.807) is 29.0 Å². The molecule has 0 bridgehead atoms. The normalized spacial score (nSPS) is 28.7. The summed E-state index contributed by atoms with van der Waals surface area (Å²) in [6, 6.07) is 6.31. The third-order valence-electron chi connectivity index (χ3n) is 5.12. The minimum absolute atomic E-state index is 0.261. The average molecular weight is 425 g/mol. The van der Waals surface area contributed by atoms with Crippen molar-refractivity contribution in [1.29, 1.82) is 0 Å². The van der Waals surface area contributed by atoms with Crippen molar-refractivity contribution in [2.45, 2.75) is 37.1 Å². The Morgan fingerprint density at radius 1 is 1.25 bits per heavy atom. The lowest BCUT2D eigenvalue weighted by Gasteiger charge is -2.29. The summed E-state index contributed by atoms with van der Waals surface area (Å²) in [5, 5.41) is 33.7. The Labute approximate surface area is 170 Å². The number of hydrogen-bond acceptors (Lipinski definition) is 7. The fourth-order valence-electron chi connectivity index (χ4n) is 3.50. The molecule has 148 valence electrons. The molecule has 3 heterocycles. The molecule has 0 amide bonds. The molecule has 1 aliphatic rings. The maximum absolute atomic E-state index is 10.9. The van der Waals surface area contributed by atoms with Gasteiger partial charge in [0, 0.05) is 6.20 Å². The van der Waals surface area contributed by atoms with Gasteiger partial charge in [-0.05, 0) is 30.7 Å². The van der Waals surface area contributed by atoms with Gasteiger partial charge in [0.25, 0.3) is 0 Å². The number of benzene rings is 1. The van der Waals surface area contributed by atoms with Gasteiger partial charge in [0.2, 0.25) is 0 Å². The summed E-state index contributed by atoms with van der Waals surface area (Å²) in [5.74, 6) is 0.287. The van der Waals surface area contributed by atoms with Crippen molar-refractivity contribution < 1.29 is 20.1 Å². The summed E-state index contributed by atoms with van der Waals surface area (Å²) in [5.41, 5.74) is 4.94. The summed E-state index contributed by atoms with van der Waals surface area (Å²) in [6.07, 6.45) is -1.80. The van der Waals surface area contributed by atoms with Gasteiger partial charge in [-0.2, -0.15) is 0 Å². The first-order valence-electron chi connectivity index (χ1n) is 8.47. The highest BCUT2D eigenvalue weighted by atomic mass is 35.5. The van der Waals surface area contributed by atoms with Gasteiger partial charge < -0.3 is 30.4 Å². The Hall–Kier alpha value is -1.94. The molecule has 1 fully saturated rings. The van der Waals surface area contributed by atoms with E-state index in [-0.39, 0.29) is 10.8 Å². The van der Waals surface area contributed by atoms with Crippen molar-refractivity contribution >= 4 is 40.1 Å². The van der Waals surface area contributed by atoms with Crippen molar-refractivity contribution in [2.75, 3.05) is 5.73 Å². The number of aliphatic hydroxyl groups is 3. The van der Waals surface area contributed by atoms with Gasteiger partial charge in [-0.15, -0.1) is 0 Å². The molecule has 0 spiro atoms. The second-order valence-electron chi connectivity index (χ2n) is 6.96. The van der Waals surface area contributed by atoms with Crippen LogP contribution in [0, 0.1) is 0 Å². The van der Waals surface area contributed by atoms with E-state index >= 15 is 0 Å². The minimum Gasteiger partial charge on any atom is -0.386 e. The van der Waals surface area contributed by atoms with Crippen LogP contribution in [0.25, 0.3) is 11.0 Å². The van der Waals surface area contributed by atoms with Crippen LogP contribution in [-0.2, 0) is 4.74 Å². The summed E-state index contributed by atoms with van der Waals surface area (Å²) >= 11 is 12.0. The number of nitrogen functional groups attached to an aromatic ring is 1. The number of rotatable bonds is 3. The maximum Gasteiger partial charge on any atom is 0.164 e. The number of aliphatic hydroxyl groups excluding tert-OH is 2. The van der Waals surface area contributed by atoms with E-state index in [9.17, 15) is 15.3 Å². The molecular formula is C18H18Cl2N4O4. The Bertz CT molecular complexity index is 1040. The zero-order valence-corrected chi connectivity index (χ0v) is 16.2. The van der Waals surface area contributed by atoms with Crippen LogP contribution in [0.2, 0.25) is 10.0 Å². The van der Waals surface area contributed by atoms with Gasteiger partial charge in [-0.25, -0.2) is 9.97 Å². The van der Waals surface area contributed by atoms with Gasteiger partial charge in [-0.1, -0.05) is 29.3 Å². The van der Waals surface area contributed by atoms with Crippen LogP contribution in [0.1, 0.15) is 24.8 Å². The Morgan fingerprint density at radius 2 is 2.00 bits per heavy atom. The van der Waals surface area contributed by atoms with E-state index in [0.717, 1.165) is 0 Å². The van der Waals surface area contributed by atoms with Crippen LogP contribution in [-0.4, -0.2) is 47.7 Å². The van der Waals surface area contributed by atoms with Crippen LogP contribution in [0.15, 0.2) is 36.8 Å². The molecule has 5 N–H and O–H groups in total. The minimum atomic E-state index is -1.76. The molecule has 2 aromatic heterocycles. The van der Waals surface area contributed by atoms with Crippen molar-refractivity contribution in [3.8, 4) is 0 Å². The molecule has 1 aromatic carbocycles. The van der Waals surface area contributed by atoms with E-state index in [0.29, 0.717) is 21.6 Å². The van der Waals surface area contributed by atoms with Gasteiger partial charge in [0.1, 0.15) is 41.7 Å². The first-order valence-corrected chi connectivity index (χ1v) is 9.23. The quantitative estimate of drug-likeness (QED) is 0.506. The number of halogens is 2. The SMILES string of the molecule is C[C@@]1(O)[C@@H]([C@H](O)c2ccc(Cl)c(Cl)c2)O[C@@H](n2ccc3c(N)ncnc32)[C@@H]1O. The third kappa shape index (κ3) is 2.93. The van der Waals surface area contributed by atoms with Crippen LogP contribution < -0.4 is 5.73 Å². The van der Waals surface area contributed by atoms with Gasteiger partial charge in [0.15, 0.2) is 6.23 Å². The van der Waals surface area contributed by atoms with E-state index in [2.05, 4.69) is 9.97 Å². The van der Waals surface area contributed by atoms with Crippen LogP contribution in [0.4, 0.5) is 5.82 Å². The number of fused-ring (bicyclic) bond motifs is 1. The average Bonchev–Trinajstić information content (AvgIpc) is 3.17. The zero-order chi connectivity index (χ0) is 20.2. The Kier molecular flexibility index (Phi) is 4.73. The lowest BCUT2D eigenvalue weighted by molar-refractivity contribution is -0.115. The maximum atomic E-state index is 10.9. The number of nitrogens with zero attached hydrogens (tertiary/aromatic N) is 3. The fourth-order valence-corrected chi connectivity index (χ4v) is 3.80. The number of nitrogens with two attached hydrogens (primary N) is 1. The van der Waals surface area contributed by atoms with Crippen molar-refractivity contribution in [1.82, 2.24) is 14.5 Å². The summed E-state index contributed by atoms with van der Waals surface area (Å²) in [7, 11) is 0. The van der Waals surface area contributed by atoms with Crippen LogP contribution >= 0.6 is 23.2 Å². The van der Waals surface area contributed by atoms with Crippen molar-refractivity contribution in [3.05, 3.63) is 52.4 Å². The number of hydrogen-bond donors (Lipinski definition) is 4. The smallest absolute Gasteiger partial charge is 0.164 e. The van der Waals surface area contributed by atoms with E-state index in [1.807, 2.05) is 0 Å². The highest BCUT2D eigenvalue weighted by Crippen LogP contribution is 2.44. The predicted octanol–water partition coefficient (Wildman–Crippen LogP) is 2.06. The molecule has 5 atom stereocenters. The second-order valence-corrected chi connectivity index (χ2v) is 7.77. The molecule has 10 heteroatoms. The number of aromatic nitrogens is 3. The van der Waals surface area contributed by atoms with Gasteiger partial charge in [-0.3, -0.25) is 0 Å². The van der Waals surface area contributed by atoms with Gasteiger partial charge >= 0.3 is 0 Å². The van der Waals surface area contributed by atoms with E-state index < -0.39 is 30.1 Å². The molecule has 8 nitrogen and oxygen atoms in total. The lowest BCUT2D eigenvalue weighted by atomic mass is 9.88. The third-order valence-corrected chi connectivity index (χ3v) is 5.86. The summed E-state index contributed by atoms with van der Waals surface area (Å²) in [6.45, 7) is 1.40. The second kappa shape index (κ2) is 6.84. The Balaban J connectivity index is 1.71. The standard InChI is InChI=1S/C18H18Cl2N4O4/c1-18(27)13(26)17(24-5-4-9-15(21)22-7-23-16(9)24)28-14(18)12(25)8-2-3-10(19)11(20)6-8/h2-7,12-14,17,25-27H,1H3,(H2,21,22,23)/t12-,13+,14-,17-,18+/m1/s1. The topological polar surface area (TPSA) is 127 Å². The van der Waals surface area contributed by atoms with Gasteiger partial charge in [0.05, 0.1) is 15.4 Å². The number of ether oxygens (including phenoxy) is 1. The van der Waals surface area contributed by atoms with Crippen molar-refractivity contribution in [3.63, 3.8) is 0 Å². The van der Waals surface area contributed by atoms with Crippen molar-refractivity contribution in [2.24, 2.45) is 0 Å². The molecule has 0 radical (unpaired) electrons. The fraction of sp³-hybridized carbons (Fsp3) is 0.333. The zero-order valence-electron chi connectivity index (χ0n) is 14.7. The largest absolute Gasteiger partial charge is 0.386 e. The summed E-state index contributed by atoms with van der Waals surface area (Å²) < 4.78 is 7.45. The highest BCUT2D eigenvalue weighted by Gasteiger charge is 2.55. The molecule has 28 heavy (non-hydrogen) atoms. The monoisotopic (exact) mass is 424 g/mol. The first kappa shape index (κ1) is 19.4. The molecule has 3 aromatic rings. The molecule has 0 unspecified atom stereocenters. The molecule has 4 rings (SSSR count). The predicted molar refractivity (Wildman–Crippen MR) is 104 cm³/mol. The van der Waals surface area contributed by atoms with E-state index in [1.165, 1.54) is 19.3 Å². The molecule has 1 aliphatic heterocycles. The Morgan fingerprint density at radius 3 is 2.71 bits per heavy atom. The first-order chi connectivity index (χ1) is 13.2. The number of anilines is 1. The molecule has 0 saturated carbocycles.